The van der Waals surface area contributed by atoms with Crippen LogP contribution in [0.4, 0.5) is 9.18 Å². The average Bonchev–Trinajstić information content (AvgIpc) is 2.61. The number of amidine groups is 1. The van der Waals surface area contributed by atoms with Crippen molar-refractivity contribution in [3.8, 4) is 0 Å². The van der Waals surface area contributed by atoms with E-state index in [1.165, 1.54) is 6.07 Å². The van der Waals surface area contributed by atoms with Crippen molar-refractivity contribution in [2.45, 2.75) is 18.9 Å². The Kier molecular flexibility index (Phi) is 2.60. The van der Waals surface area contributed by atoms with E-state index in [2.05, 4.69) is 0 Å². The third kappa shape index (κ3) is 1.64. The second-order valence-corrected chi connectivity index (χ2v) is 3.73. The van der Waals surface area contributed by atoms with Crippen LogP contribution < -0.4 is 5.73 Å². The van der Waals surface area contributed by atoms with Crippen LogP contribution >= 0.6 is 0 Å². The molecule has 5 heteroatoms. The van der Waals surface area contributed by atoms with Gasteiger partial charge in [0.2, 0.25) is 0 Å². The molecule has 0 saturated carbocycles. The molecule has 1 aromatic carbocycles. The van der Waals surface area contributed by atoms with E-state index < -0.39 is 12.1 Å². The molecule has 2 amide bonds. The fourth-order valence-corrected chi connectivity index (χ4v) is 2.04. The molecule has 3 N–H and O–H groups in total. The van der Waals surface area contributed by atoms with Gasteiger partial charge in [-0.25, -0.2) is 9.18 Å². The minimum Gasteiger partial charge on any atom is -0.351 e. The number of hydrogen-bond donors (Lipinski definition) is 2. The summed E-state index contributed by atoms with van der Waals surface area (Å²) >= 11 is 0. The number of amides is 2. The van der Waals surface area contributed by atoms with Crippen molar-refractivity contribution < 1.29 is 9.18 Å². The Morgan fingerprint density at radius 1 is 1.50 bits per heavy atom. The number of nitrogens with one attached hydrogen (secondary N) is 1. The van der Waals surface area contributed by atoms with Gasteiger partial charge in [0.1, 0.15) is 11.7 Å². The molecule has 1 atom stereocenters. The molecule has 1 heterocycles. The Labute approximate surface area is 92.4 Å². The first-order chi connectivity index (χ1) is 7.61. The molecule has 0 aromatic heterocycles. The van der Waals surface area contributed by atoms with Gasteiger partial charge in [-0.1, -0.05) is 18.2 Å². The van der Waals surface area contributed by atoms with Gasteiger partial charge in [-0.2, -0.15) is 0 Å². The van der Waals surface area contributed by atoms with Crippen LogP contribution in [-0.4, -0.2) is 16.8 Å². The Morgan fingerprint density at radius 3 is 2.81 bits per heavy atom. The summed E-state index contributed by atoms with van der Waals surface area (Å²) in [6.45, 7) is 0. The molecule has 0 aliphatic carbocycles. The van der Waals surface area contributed by atoms with Crippen LogP contribution in [0, 0.1) is 11.2 Å². The van der Waals surface area contributed by atoms with Crippen LogP contribution in [0.5, 0.6) is 0 Å². The zero-order valence-corrected chi connectivity index (χ0v) is 8.61. The summed E-state index contributed by atoms with van der Waals surface area (Å²) in [7, 11) is 0. The molecule has 4 nitrogen and oxygen atoms in total. The molecule has 1 unspecified atom stereocenters. The lowest BCUT2D eigenvalue weighted by Crippen LogP contribution is -2.38. The van der Waals surface area contributed by atoms with Gasteiger partial charge in [0.25, 0.3) is 0 Å². The second kappa shape index (κ2) is 3.92. The van der Waals surface area contributed by atoms with E-state index in [1.807, 2.05) is 0 Å². The van der Waals surface area contributed by atoms with E-state index in [1.54, 1.807) is 18.2 Å². The summed E-state index contributed by atoms with van der Waals surface area (Å²) < 4.78 is 13.6. The zero-order valence-electron chi connectivity index (χ0n) is 8.61. The van der Waals surface area contributed by atoms with Crippen LogP contribution in [0.3, 0.4) is 0 Å². The van der Waals surface area contributed by atoms with Crippen LogP contribution in [0.15, 0.2) is 24.3 Å². The number of nitrogens with two attached hydrogens (primary N) is 1. The van der Waals surface area contributed by atoms with E-state index in [0.29, 0.717) is 18.4 Å². The van der Waals surface area contributed by atoms with Gasteiger partial charge in [-0.3, -0.25) is 10.3 Å². The van der Waals surface area contributed by atoms with Crippen molar-refractivity contribution in [2.24, 2.45) is 5.73 Å². The van der Waals surface area contributed by atoms with E-state index in [4.69, 9.17) is 11.1 Å². The number of halogens is 1. The van der Waals surface area contributed by atoms with Gasteiger partial charge in [0.05, 0.1) is 6.04 Å². The Morgan fingerprint density at radius 2 is 2.19 bits per heavy atom. The maximum absolute atomic E-state index is 13.6. The Balaban J connectivity index is 2.38. The maximum atomic E-state index is 13.6. The highest BCUT2D eigenvalue weighted by Gasteiger charge is 2.34. The maximum Gasteiger partial charge on any atom is 0.320 e. The fourth-order valence-electron chi connectivity index (χ4n) is 2.04. The molecule has 2 rings (SSSR count). The lowest BCUT2D eigenvalue weighted by atomic mass is 10.0. The lowest BCUT2D eigenvalue weighted by Gasteiger charge is -2.22. The van der Waals surface area contributed by atoms with Crippen molar-refractivity contribution in [3.05, 3.63) is 35.6 Å². The molecular weight excluding hydrogens is 209 g/mol. The Bertz CT molecular complexity index is 447. The molecule has 1 saturated heterocycles. The largest absolute Gasteiger partial charge is 0.351 e. The number of nitrogens with zero attached hydrogens (tertiary/aromatic N) is 1. The van der Waals surface area contributed by atoms with E-state index in [0.717, 1.165) is 4.90 Å². The predicted molar refractivity (Wildman–Crippen MR) is 57.5 cm³/mol. The first kappa shape index (κ1) is 10.6. The normalized spacial score (nSPS) is 20.2. The molecule has 16 heavy (non-hydrogen) atoms. The van der Waals surface area contributed by atoms with Crippen LogP contribution in [0.2, 0.25) is 0 Å². The number of urea groups is 1. The monoisotopic (exact) mass is 221 g/mol. The van der Waals surface area contributed by atoms with Crippen molar-refractivity contribution >= 4 is 11.9 Å². The number of rotatable bonds is 1. The lowest BCUT2D eigenvalue weighted by molar-refractivity contribution is 0.221. The van der Waals surface area contributed by atoms with Crippen molar-refractivity contribution in [1.29, 1.82) is 5.41 Å². The quantitative estimate of drug-likeness (QED) is 0.748. The summed E-state index contributed by atoms with van der Waals surface area (Å²) in [6, 6.07) is 5.13. The number of benzene rings is 1. The predicted octanol–water partition coefficient (Wildman–Crippen LogP) is 2.02. The summed E-state index contributed by atoms with van der Waals surface area (Å²) in [6.07, 6.45) is 0.991. The molecule has 0 spiro atoms. The van der Waals surface area contributed by atoms with Crippen LogP contribution in [0.1, 0.15) is 24.4 Å². The topological polar surface area (TPSA) is 70.2 Å². The minimum absolute atomic E-state index is 0.153. The molecule has 0 bridgehead atoms. The highest BCUT2D eigenvalue weighted by molar-refractivity contribution is 5.97. The van der Waals surface area contributed by atoms with E-state index >= 15 is 0 Å². The van der Waals surface area contributed by atoms with Gasteiger partial charge < -0.3 is 5.73 Å². The standard InChI is InChI=1S/C11H12FN3O/c12-8-4-2-1-3-7(8)9-5-6-10(13)15(9)11(14)16/h1-4,9,13H,5-6H2,(H2,14,16). The average molecular weight is 221 g/mol. The molecule has 0 radical (unpaired) electrons. The molecule has 1 aliphatic heterocycles. The number of primary amides is 1. The van der Waals surface area contributed by atoms with Crippen LogP contribution in [-0.2, 0) is 0 Å². The van der Waals surface area contributed by atoms with Gasteiger partial charge in [-0.05, 0) is 12.5 Å². The molecule has 84 valence electrons. The SMILES string of the molecule is N=C1CCC(c2ccccc2F)N1C(N)=O. The van der Waals surface area contributed by atoms with Crippen molar-refractivity contribution in [1.82, 2.24) is 4.90 Å². The van der Waals surface area contributed by atoms with Crippen molar-refractivity contribution in [2.75, 3.05) is 0 Å². The fraction of sp³-hybridized carbons (Fsp3) is 0.273. The summed E-state index contributed by atoms with van der Waals surface area (Å²) in [5.74, 6) is -0.214. The second-order valence-electron chi connectivity index (χ2n) is 3.73. The van der Waals surface area contributed by atoms with Crippen molar-refractivity contribution in [3.63, 3.8) is 0 Å². The van der Waals surface area contributed by atoms with Gasteiger partial charge in [-0.15, -0.1) is 0 Å². The van der Waals surface area contributed by atoms with Gasteiger partial charge in [0.15, 0.2) is 0 Å². The number of likely N-dealkylation sites (tertiary alicyclic amines) is 1. The Hall–Kier alpha value is -1.91. The molecule has 1 fully saturated rings. The molecular formula is C11H12FN3O. The minimum atomic E-state index is -0.698. The third-order valence-electron chi connectivity index (χ3n) is 2.76. The highest BCUT2D eigenvalue weighted by atomic mass is 19.1. The third-order valence-corrected chi connectivity index (χ3v) is 2.76. The molecule has 1 aromatic rings. The first-order valence-electron chi connectivity index (χ1n) is 5.02. The van der Waals surface area contributed by atoms with E-state index in [-0.39, 0.29) is 11.7 Å². The first-order valence-corrected chi connectivity index (χ1v) is 5.02. The van der Waals surface area contributed by atoms with Gasteiger partial charge in [0, 0.05) is 12.0 Å². The summed E-state index contributed by atoms with van der Waals surface area (Å²) in [4.78, 5) is 12.3. The summed E-state index contributed by atoms with van der Waals surface area (Å²) in [5.41, 5.74) is 5.61. The smallest absolute Gasteiger partial charge is 0.320 e. The summed E-state index contributed by atoms with van der Waals surface area (Å²) in [5, 5.41) is 7.59. The highest BCUT2D eigenvalue weighted by Crippen LogP contribution is 2.33. The van der Waals surface area contributed by atoms with Gasteiger partial charge >= 0.3 is 6.03 Å². The molecule has 1 aliphatic rings. The number of hydrogen-bond acceptors (Lipinski definition) is 2. The van der Waals surface area contributed by atoms with E-state index in [9.17, 15) is 9.18 Å². The zero-order chi connectivity index (χ0) is 11.7. The number of carbonyl (C=O) groups is 1. The van der Waals surface area contributed by atoms with Crippen LogP contribution in [0.25, 0.3) is 0 Å². The number of carbonyl (C=O) groups excluding carboxylic acids is 1.